The molecule has 3 aromatic rings. The predicted octanol–water partition coefficient (Wildman–Crippen LogP) is 5.51. The van der Waals surface area contributed by atoms with Crippen LogP contribution in [0.4, 0.5) is 5.69 Å². The van der Waals surface area contributed by atoms with Gasteiger partial charge >= 0.3 is 5.97 Å². The predicted molar refractivity (Wildman–Crippen MR) is 151 cm³/mol. The topological polar surface area (TPSA) is 52.0 Å². The summed E-state index contributed by atoms with van der Waals surface area (Å²) in [5.74, 6) is -0.318. The van der Waals surface area contributed by atoms with Crippen LogP contribution in [0.2, 0.25) is 0 Å². The first kappa shape index (κ1) is 24.5. The highest BCUT2D eigenvalue weighted by atomic mass is 16.4. The average molecular weight is 501 g/mol. The van der Waals surface area contributed by atoms with E-state index in [0.29, 0.717) is 17.5 Å². The molecule has 0 bridgehead atoms. The van der Waals surface area contributed by atoms with Crippen molar-refractivity contribution >= 4 is 22.6 Å². The van der Waals surface area contributed by atoms with Crippen molar-refractivity contribution in [1.29, 1.82) is 0 Å². The van der Waals surface area contributed by atoms with Gasteiger partial charge in [0.25, 0.3) is 0 Å². The second-order valence-corrected chi connectivity index (χ2v) is 11.5. The minimum atomic E-state index is -0.854. The van der Waals surface area contributed by atoms with Crippen molar-refractivity contribution in [2.24, 2.45) is 0 Å². The highest BCUT2D eigenvalue weighted by molar-refractivity contribution is 5.99. The summed E-state index contributed by atoms with van der Waals surface area (Å²) in [5.41, 5.74) is 6.85. The fourth-order valence-electron chi connectivity index (χ4n) is 7.09. The lowest BCUT2D eigenvalue weighted by atomic mass is 9.81. The Kier molecular flexibility index (Phi) is 6.72. The second kappa shape index (κ2) is 10.1. The Morgan fingerprint density at radius 3 is 2.59 bits per heavy atom. The van der Waals surface area contributed by atoms with E-state index in [1.54, 1.807) is 6.07 Å². The van der Waals surface area contributed by atoms with Gasteiger partial charge in [-0.15, -0.1) is 0 Å². The molecule has 1 aromatic heterocycles. The van der Waals surface area contributed by atoms with Crippen molar-refractivity contribution in [3.63, 3.8) is 0 Å². The SMILES string of the molecule is CN1CCC(N(C)CCN2CCn3c(c(C4CCCCC4)c4ccc(C(=O)O)cc43)-c3ccccc32)C1. The van der Waals surface area contributed by atoms with Gasteiger partial charge in [0.2, 0.25) is 0 Å². The third kappa shape index (κ3) is 4.55. The van der Waals surface area contributed by atoms with Gasteiger partial charge < -0.3 is 24.4 Å². The summed E-state index contributed by atoms with van der Waals surface area (Å²) in [6, 6.07) is 15.3. The number of carboxylic acids is 1. The molecule has 0 amide bonds. The minimum absolute atomic E-state index is 0.375. The third-order valence-electron chi connectivity index (χ3n) is 9.17. The van der Waals surface area contributed by atoms with E-state index in [1.807, 2.05) is 6.07 Å². The van der Waals surface area contributed by atoms with Crippen LogP contribution in [0.3, 0.4) is 0 Å². The van der Waals surface area contributed by atoms with Gasteiger partial charge in [-0.2, -0.15) is 0 Å². The lowest BCUT2D eigenvalue weighted by molar-refractivity contribution is 0.0697. The van der Waals surface area contributed by atoms with Gasteiger partial charge in [-0.3, -0.25) is 0 Å². The number of rotatable bonds is 6. The number of likely N-dealkylation sites (tertiary alicyclic amines) is 1. The lowest BCUT2D eigenvalue weighted by Gasteiger charge is -2.30. The molecule has 6 nitrogen and oxygen atoms in total. The van der Waals surface area contributed by atoms with Crippen LogP contribution in [0.1, 0.15) is 60.4 Å². The molecule has 196 valence electrons. The maximum Gasteiger partial charge on any atom is 0.335 e. The molecule has 6 heteroatoms. The van der Waals surface area contributed by atoms with E-state index in [1.165, 1.54) is 73.0 Å². The van der Waals surface area contributed by atoms with Crippen molar-refractivity contribution in [1.82, 2.24) is 14.4 Å². The highest BCUT2D eigenvalue weighted by Crippen LogP contribution is 2.47. The maximum atomic E-state index is 11.9. The average Bonchev–Trinajstić information content (AvgIpc) is 3.45. The zero-order valence-electron chi connectivity index (χ0n) is 22.3. The Balaban J connectivity index is 1.41. The molecule has 37 heavy (non-hydrogen) atoms. The number of carboxylic acid groups (broad SMARTS) is 1. The standard InChI is InChI=1S/C31H40N4O2/c1-32-15-14-24(21-32)33(2)16-17-34-18-19-35-28-20-23(31(36)37)12-13-25(28)29(22-8-4-3-5-9-22)30(35)26-10-6-7-11-27(26)34/h6-7,10-13,20,22,24H,3-5,8-9,14-19,21H2,1-2H3,(H,36,37). The molecule has 1 aliphatic carbocycles. The number of anilines is 1. The van der Waals surface area contributed by atoms with E-state index < -0.39 is 5.97 Å². The van der Waals surface area contributed by atoms with Crippen LogP contribution >= 0.6 is 0 Å². The van der Waals surface area contributed by atoms with Gasteiger partial charge in [0.15, 0.2) is 0 Å². The van der Waals surface area contributed by atoms with Crippen LogP contribution < -0.4 is 4.90 Å². The monoisotopic (exact) mass is 500 g/mol. The molecule has 2 aromatic carbocycles. The van der Waals surface area contributed by atoms with Gasteiger partial charge in [0.1, 0.15) is 0 Å². The first-order chi connectivity index (χ1) is 18.0. The molecule has 3 heterocycles. The number of para-hydroxylation sites is 1. The van der Waals surface area contributed by atoms with Crippen LogP contribution in [0.5, 0.6) is 0 Å². The van der Waals surface area contributed by atoms with E-state index in [2.05, 4.69) is 63.7 Å². The number of aromatic carboxylic acids is 1. The third-order valence-corrected chi connectivity index (χ3v) is 9.17. The van der Waals surface area contributed by atoms with Gasteiger partial charge in [-0.1, -0.05) is 43.5 Å². The molecule has 0 spiro atoms. The molecule has 1 unspecified atom stereocenters. The number of carbonyl (C=O) groups is 1. The first-order valence-electron chi connectivity index (χ1n) is 14.1. The number of likely N-dealkylation sites (N-methyl/N-ethyl adjacent to an activating group) is 2. The summed E-state index contributed by atoms with van der Waals surface area (Å²) in [6.07, 6.45) is 7.57. The molecule has 1 saturated carbocycles. The molecule has 2 aliphatic heterocycles. The van der Waals surface area contributed by atoms with Crippen LogP contribution in [0.15, 0.2) is 42.5 Å². The van der Waals surface area contributed by atoms with Gasteiger partial charge in [0.05, 0.1) is 11.3 Å². The fourth-order valence-corrected chi connectivity index (χ4v) is 7.09. The molecule has 0 radical (unpaired) electrons. The quantitative estimate of drug-likeness (QED) is 0.484. The molecular weight excluding hydrogens is 460 g/mol. The van der Waals surface area contributed by atoms with Crippen LogP contribution in [0, 0.1) is 0 Å². The number of fused-ring (bicyclic) bond motifs is 5. The Hall–Kier alpha value is -2.83. The van der Waals surface area contributed by atoms with Gasteiger partial charge in [-0.25, -0.2) is 4.79 Å². The first-order valence-corrected chi connectivity index (χ1v) is 14.1. The van der Waals surface area contributed by atoms with E-state index in [-0.39, 0.29) is 0 Å². The van der Waals surface area contributed by atoms with Crippen molar-refractivity contribution in [2.45, 2.75) is 57.0 Å². The van der Waals surface area contributed by atoms with Crippen LogP contribution in [-0.2, 0) is 6.54 Å². The summed E-state index contributed by atoms with van der Waals surface area (Å²) in [5, 5.41) is 11.0. The number of nitrogens with zero attached hydrogens (tertiary/aromatic N) is 4. The van der Waals surface area contributed by atoms with Crippen molar-refractivity contribution in [3.8, 4) is 11.3 Å². The number of hydrogen-bond acceptors (Lipinski definition) is 4. The van der Waals surface area contributed by atoms with Crippen molar-refractivity contribution in [3.05, 3.63) is 53.6 Å². The zero-order chi connectivity index (χ0) is 25.5. The Morgan fingerprint density at radius 2 is 1.84 bits per heavy atom. The highest BCUT2D eigenvalue weighted by Gasteiger charge is 2.31. The minimum Gasteiger partial charge on any atom is -0.478 e. The van der Waals surface area contributed by atoms with E-state index in [4.69, 9.17) is 0 Å². The summed E-state index contributed by atoms with van der Waals surface area (Å²) >= 11 is 0. The molecular formula is C31H40N4O2. The smallest absolute Gasteiger partial charge is 0.335 e. The van der Waals surface area contributed by atoms with Crippen LogP contribution in [0.25, 0.3) is 22.2 Å². The number of hydrogen-bond donors (Lipinski definition) is 1. The summed E-state index contributed by atoms with van der Waals surface area (Å²) in [7, 11) is 4.50. The molecule has 1 atom stereocenters. The van der Waals surface area contributed by atoms with Crippen molar-refractivity contribution in [2.75, 3.05) is 51.7 Å². The molecule has 6 rings (SSSR count). The number of benzene rings is 2. The number of aromatic nitrogens is 1. The van der Waals surface area contributed by atoms with Gasteiger partial charge in [0, 0.05) is 60.9 Å². The zero-order valence-corrected chi connectivity index (χ0v) is 22.3. The lowest BCUT2D eigenvalue weighted by Crippen LogP contribution is -2.40. The molecule has 1 N–H and O–H groups in total. The Morgan fingerprint density at radius 1 is 1.03 bits per heavy atom. The van der Waals surface area contributed by atoms with E-state index in [0.717, 1.165) is 38.2 Å². The molecule has 3 aliphatic rings. The van der Waals surface area contributed by atoms with Crippen molar-refractivity contribution < 1.29 is 9.90 Å². The molecule has 2 fully saturated rings. The van der Waals surface area contributed by atoms with E-state index in [9.17, 15) is 9.90 Å². The second-order valence-electron chi connectivity index (χ2n) is 11.5. The summed E-state index contributed by atoms with van der Waals surface area (Å²) in [6.45, 7) is 6.17. The van der Waals surface area contributed by atoms with Gasteiger partial charge in [-0.05, 0) is 69.6 Å². The maximum absolute atomic E-state index is 11.9. The normalized spacial score (nSPS) is 20.8. The Labute approximate surface area is 220 Å². The van der Waals surface area contributed by atoms with Crippen LogP contribution in [-0.4, -0.2) is 78.3 Å². The summed E-state index contributed by atoms with van der Waals surface area (Å²) < 4.78 is 2.44. The van der Waals surface area contributed by atoms with E-state index >= 15 is 0 Å². The summed E-state index contributed by atoms with van der Waals surface area (Å²) in [4.78, 5) is 19.4. The largest absolute Gasteiger partial charge is 0.478 e. The Bertz CT molecular complexity index is 1290. The fraction of sp³-hybridized carbons (Fsp3) is 0.516. The molecule has 1 saturated heterocycles.